The molecule has 0 aromatic heterocycles. The number of ether oxygens (including phenoxy) is 2. The van der Waals surface area contributed by atoms with Crippen LogP contribution < -0.4 is 26.6 Å². The maximum Gasteiger partial charge on any atom is 0.416 e. The van der Waals surface area contributed by atoms with Gasteiger partial charge in [-0.1, -0.05) is 98.0 Å². The molecule has 1 saturated carbocycles. The molecule has 3 nitrogen and oxygen atoms in total. The Hall–Kier alpha value is -5.17. The summed E-state index contributed by atoms with van der Waals surface area (Å²) in [5.74, 6) is 1.63. The van der Waals surface area contributed by atoms with E-state index in [4.69, 9.17) is 14.5 Å². The molecule has 0 spiro atoms. The molecule has 5 aromatic rings. The Labute approximate surface area is 517 Å². The second-order valence-electron chi connectivity index (χ2n) is 22.7. The van der Waals surface area contributed by atoms with Gasteiger partial charge in [-0.2, -0.15) is 127 Å². The number of benzene rings is 5. The van der Waals surface area contributed by atoms with E-state index in [1.54, 1.807) is 7.11 Å². The van der Waals surface area contributed by atoms with E-state index in [1.807, 2.05) is 24.3 Å². The van der Waals surface area contributed by atoms with Gasteiger partial charge in [0, 0.05) is 25.7 Å². The third-order valence-corrected chi connectivity index (χ3v) is 18.1. The normalized spacial score (nSPS) is 16.1. The van der Waals surface area contributed by atoms with Gasteiger partial charge in [0.2, 0.25) is 5.90 Å². The Balaban J connectivity index is 0.000000427. The molecule has 90 heavy (non-hydrogen) atoms. The minimum atomic E-state index is -6.13. The second kappa shape index (κ2) is 28.6. The average Bonchev–Trinajstić information content (AvgIpc) is 0.759. The number of nitrogens with zero attached hydrogens (tertiary/aromatic N) is 1. The van der Waals surface area contributed by atoms with E-state index >= 15 is 0 Å². The molecule has 30 heteroatoms. The molecule has 0 amide bonds. The predicted octanol–water partition coefficient (Wildman–Crippen LogP) is 18.9. The number of hydrogen-bond acceptors (Lipinski definition) is 3. The van der Waals surface area contributed by atoms with E-state index < -0.39 is 195 Å². The summed E-state index contributed by atoms with van der Waals surface area (Å²) in [5, 5.41) is 0.741. The first-order chi connectivity index (χ1) is 40.4. The zero-order valence-corrected chi connectivity index (χ0v) is 51.6. The van der Waals surface area contributed by atoms with Crippen LogP contribution in [0.1, 0.15) is 124 Å². The van der Waals surface area contributed by atoms with Crippen LogP contribution in [0.3, 0.4) is 0 Å². The number of aliphatic imine (C=N–C) groups is 1. The molecule has 0 saturated heterocycles. The largest absolute Gasteiger partial charge is 0.497 e. The van der Waals surface area contributed by atoms with Crippen molar-refractivity contribution in [3.63, 3.8) is 0 Å². The van der Waals surface area contributed by atoms with Gasteiger partial charge in [0.05, 0.1) is 57.7 Å². The molecule has 1 fully saturated rings. The van der Waals surface area contributed by atoms with Crippen molar-refractivity contribution >= 4 is 41.8 Å². The Morgan fingerprint density at radius 3 is 0.867 bits per heavy atom. The summed E-state index contributed by atoms with van der Waals surface area (Å²) < 4.78 is 352. The fourth-order valence-electron chi connectivity index (χ4n) is 10.3. The maximum atomic E-state index is 14.2. The van der Waals surface area contributed by atoms with Crippen molar-refractivity contribution in [2.45, 2.75) is 139 Å². The van der Waals surface area contributed by atoms with Crippen molar-refractivity contribution in [1.29, 1.82) is 0 Å². The van der Waals surface area contributed by atoms with Crippen molar-refractivity contribution < 1.29 is 135 Å². The van der Waals surface area contributed by atoms with Gasteiger partial charge in [-0.15, -0.1) is 0 Å². The van der Waals surface area contributed by atoms with E-state index in [0.29, 0.717) is 16.9 Å². The summed E-state index contributed by atoms with van der Waals surface area (Å²) in [6.45, 7) is 15.0. The summed E-state index contributed by atoms with van der Waals surface area (Å²) in [6.07, 6.45) is -38.4. The van der Waals surface area contributed by atoms with E-state index in [9.17, 15) is 105 Å². The van der Waals surface area contributed by atoms with Gasteiger partial charge in [-0.3, -0.25) is 0 Å². The smallest absolute Gasteiger partial charge is 0.416 e. The molecule has 5 aromatic carbocycles. The molecule has 499 valence electrons. The predicted molar refractivity (Wildman–Crippen MR) is 291 cm³/mol. The van der Waals surface area contributed by atoms with Crippen molar-refractivity contribution in [3.05, 3.63) is 173 Å². The SMILES string of the molecule is COc1ccc(C2=N[C@@H](CCP(C(C)(C)C)C(C)(C)C)CO2)cc1.FC(F)(F)c1cc([B-](c2cc(C(F)(F)F)cc(C(F)(F)F)c2)(c2cc(C(F)(F)F)cc(C(F)(F)F)c2)c2cc(C(F)(F)F)cc(C(F)(F)F)c2)cc(C(F)(F)F)c1.[CH]1[CH]CC[CH][CH]CC1.[Ir]. The minimum absolute atomic E-state index is 0. The molecule has 5 radical (unpaired) electrons. The van der Waals surface area contributed by atoms with Crippen LogP contribution in [0.15, 0.2) is 102 Å². The van der Waals surface area contributed by atoms with Crippen LogP contribution in [0.25, 0.3) is 0 Å². The zero-order valence-electron chi connectivity index (χ0n) is 48.3. The summed E-state index contributed by atoms with van der Waals surface area (Å²) in [7, 11) is 1.60. The van der Waals surface area contributed by atoms with Crippen LogP contribution >= 0.6 is 7.92 Å². The number of alkyl halides is 24. The monoisotopic (exact) mass is 1510 g/mol. The van der Waals surface area contributed by atoms with Crippen molar-refractivity contribution in [2.75, 3.05) is 19.9 Å². The molecule has 0 unspecified atom stereocenters. The van der Waals surface area contributed by atoms with Gasteiger partial charge >= 0.3 is 49.4 Å². The van der Waals surface area contributed by atoms with Gasteiger partial charge < -0.3 is 9.47 Å². The Kier molecular flexibility index (Phi) is 24.6. The van der Waals surface area contributed by atoms with Crippen LogP contribution in [0.5, 0.6) is 5.75 Å². The summed E-state index contributed by atoms with van der Waals surface area (Å²) in [4.78, 5) is 4.81. The average molecular weight is 1510 g/mol. The third-order valence-electron chi connectivity index (χ3n) is 14.1. The topological polar surface area (TPSA) is 30.8 Å². The Bertz CT molecular complexity index is 2740. The van der Waals surface area contributed by atoms with Crippen molar-refractivity contribution in [2.24, 2.45) is 4.99 Å². The molecule has 1 aliphatic heterocycles. The van der Waals surface area contributed by atoms with E-state index in [2.05, 4.69) is 67.2 Å². The molecular formula is C60H56BF24IrNO2P-. The van der Waals surface area contributed by atoms with Gasteiger partial charge in [0.25, 0.3) is 0 Å². The second-order valence-corrected chi connectivity index (χ2v) is 26.7. The van der Waals surface area contributed by atoms with Gasteiger partial charge in [0.1, 0.15) is 18.5 Å². The minimum Gasteiger partial charge on any atom is -0.497 e. The van der Waals surface area contributed by atoms with E-state index in [-0.39, 0.29) is 34.1 Å². The molecule has 1 atom stereocenters. The maximum absolute atomic E-state index is 14.2. The molecule has 0 N–H and O–H groups in total. The molecule has 2 aliphatic rings. The van der Waals surface area contributed by atoms with Gasteiger partial charge in [-0.05, 0) is 123 Å². The van der Waals surface area contributed by atoms with Gasteiger partial charge in [0.15, 0.2) is 0 Å². The summed E-state index contributed by atoms with van der Waals surface area (Å²) in [6, 6.07) is -0.597. The first-order valence-corrected chi connectivity index (χ1v) is 28.2. The van der Waals surface area contributed by atoms with Crippen molar-refractivity contribution in [1.82, 2.24) is 0 Å². The molecule has 0 bridgehead atoms. The Morgan fingerprint density at radius 2 is 0.656 bits per heavy atom. The standard InChI is InChI=1S/C32H12BF24.C20H32NO2P.C8H12.Ir/c34-25(35,36)13-1-14(26(37,38)39)6-21(5-13)33(22-7-15(27(40,41)42)2-16(8-22)28(43,44)45,23-9-17(29(46,47)48)3-18(10-23)30(49,50)51)24-11-19(31(52,53)54)4-20(12-24)32(55,56)57;1-19(2,3)24(20(4,5)6)13-12-16-14-23-18(21-16)15-8-10-17(22-7)11-9-15;1-2-4-6-8-7-5-3-1;/h1-12H;8-11,16H,12-14H2,1-7H3;1-2,7-8H,3-6H2;/q-1;;;/t;16-;;/m.0../s1. The van der Waals surface area contributed by atoms with E-state index in [1.165, 1.54) is 31.8 Å². The van der Waals surface area contributed by atoms with Crippen molar-refractivity contribution in [3.8, 4) is 5.75 Å². The number of hydrogen-bond donors (Lipinski definition) is 0. The fraction of sp³-hybridized carbons (Fsp3) is 0.417. The quantitative estimate of drug-likeness (QED) is 0.0837. The van der Waals surface area contributed by atoms with Crippen LogP contribution in [-0.2, 0) is 74.3 Å². The number of methoxy groups -OCH3 is 1. The fourth-order valence-corrected chi connectivity index (χ4v) is 14.2. The third kappa shape index (κ3) is 20.4. The number of rotatable bonds is 9. The molecule has 1 heterocycles. The molecule has 1 aliphatic carbocycles. The van der Waals surface area contributed by atoms with Crippen LogP contribution in [0.2, 0.25) is 0 Å². The van der Waals surface area contributed by atoms with Crippen LogP contribution in [-0.4, -0.2) is 48.3 Å². The van der Waals surface area contributed by atoms with Crippen LogP contribution in [0, 0.1) is 25.7 Å². The Morgan fingerprint density at radius 1 is 0.411 bits per heavy atom. The summed E-state index contributed by atoms with van der Waals surface area (Å²) in [5.41, 5.74) is -29.2. The first-order valence-electron chi connectivity index (χ1n) is 26.7. The van der Waals surface area contributed by atoms with Crippen LogP contribution in [0.4, 0.5) is 105 Å². The van der Waals surface area contributed by atoms with Gasteiger partial charge in [-0.25, -0.2) is 4.99 Å². The van der Waals surface area contributed by atoms with E-state index in [0.717, 1.165) is 23.6 Å². The molecular weight excluding hydrogens is 1460 g/mol. The summed E-state index contributed by atoms with van der Waals surface area (Å²) >= 11 is 0. The first kappa shape index (κ1) is 77.3. The number of halogens is 24. The molecule has 7 rings (SSSR count). The zero-order chi connectivity index (χ0) is 67.5.